The third-order valence-electron chi connectivity index (χ3n) is 3.71. The van der Waals surface area contributed by atoms with Gasteiger partial charge in [-0.1, -0.05) is 30.3 Å². The van der Waals surface area contributed by atoms with E-state index in [1.165, 1.54) is 6.08 Å². The smallest absolute Gasteiger partial charge is 0.262 e. The highest BCUT2D eigenvalue weighted by Gasteiger charge is 2.12. The lowest BCUT2D eigenvalue weighted by Crippen LogP contribution is -2.23. The Morgan fingerprint density at radius 3 is 2.44 bits per heavy atom. The summed E-state index contributed by atoms with van der Waals surface area (Å²) in [6.07, 6.45) is 1.50. The van der Waals surface area contributed by atoms with Crippen molar-refractivity contribution in [3.05, 3.63) is 64.7 Å². The molecule has 1 amide bonds. The number of rotatable bonds is 6. The monoisotopic (exact) mass is 336 g/mol. The number of carbonyl (C=O) groups is 1. The van der Waals surface area contributed by atoms with E-state index in [0.717, 1.165) is 11.1 Å². The molecule has 0 aromatic heterocycles. The van der Waals surface area contributed by atoms with Gasteiger partial charge in [-0.25, -0.2) is 0 Å². The van der Waals surface area contributed by atoms with E-state index >= 15 is 0 Å². The van der Waals surface area contributed by atoms with Gasteiger partial charge in [0.05, 0.1) is 14.2 Å². The first-order chi connectivity index (χ1) is 12.1. The van der Waals surface area contributed by atoms with E-state index in [0.29, 0.717) is 23.6 Å². The molecule has 5 heteroatoms. The molecule has 2 aromatic rings. The minimum atomic E-state index is -0.437. The van der Waals surface area contributed by atoms with Gasteiger partial charge in [-0.15, -0.1) is 0 Å². The molecule has 2 rings (SSSR count). The second-order valence-corrected chi connectivity index (χ2v) is 5.40. The zero-order chi connectivity index (χ0) is 18.2. The predicted octanol–water partition coefficient (Wildman–Crippen LogP) is 3.24. The van der Waals surface area contributed by atoms with Crippen LogP contribution in [0.4, 0.5) is 0 Å². The standard InChI is InChI=1S/C20H20N2O3/c1-14-9-19(25-3)16(11-18(14)24-2)10-17(12-21)20(23)22-13-15-7-5-4-6-8-15/h4-11H,13H2,1-3H3,(H,22,23)/b17-10+. The number of carbonyl (C=O) groups excluding carboxylic acids is 1. The van der Waals surface area contributed by atoms with Crippen LogP contribution in [0.15, 0.2) is 48.0 Å². The summed E-state index contributed by atoms with van der Waals surface area (Å²) in [4.78, 5) is 12.3. The van der Waals surface area contributed by atoms with E-state index in [1.54, 1.807) is 20.3 Å². The van der Waals surface area contributed by atoms with Crippen LogP contribution < -0.4 is 14.8 Å². The largest absolute Gasteiger partial charge is 0.496 e. The minimum absolute atomic E-state index is 0.000127. The quantitative estimate of drug-likeness (QED) is 0.649. The van der Waals surface area contributed by atoms with Crippen LogP contribution >= 0.6 is 0 Å². The number of amides is 1. The Bertz CT molecular complexity index is 821. The summed E-state index contributed by atoms with van der Waals surface area (Å²) in [6.45, 7) is 2.25. The number of hydrogen-bond acceptors (Lipinski definition) is 4. The maximum absolute atomic E-state index is 12.3. The molecule has 2 aromatic carbocycles. The maximum atomic E-state index is 12.3. The fraction of sp³-hybridized carbons (Fsp3) is 0.200. The molecule has 25 heavy (non-hydrogen) atoms. The third kappa shape index (κ3) is 4.61. The number of ether oxygens (including phenoxy) is 2. The van der Waals surface area contributed by atoms with Gasteiger partial charge in [-0.2, -0.15) is 5.26 Å². The van der Waals surface area contributed by atoms with Crippen molar-refractivity contribution < 1.29 is 14.3 Å². The molecule has 0 unspecified atom stereocenters. The Labute approximate surface area is 147 Å². The van der Waals surface area contributed by atoms with Crippen LogP contribution in [0.25, 0.3) is 6.08 Å². The van der Waals surface area contributed by atoms with Crippen molar-refractivity contribution in [2.24, 2.45) is 0 Å². The van der Waals surface area contributed by atoms with Crippen molar-refractivity contribution in [1.29, 1.82) is 5.26 Å². The van der Waals surface area contributed by atoms with Gasteiger partial charge < -0.3 is 14.8 Å². The molecule has 0 aliphatic carbocycles. The van der Waals surface area contributed by atoms with Gasteiger partial charge in [-0.3, -0.25) is 4.79 Å². The molecule has 0 heterocycles. The molecule has 0 bridgehead atoms. The highest BCUT2D eigenvalue weighted by molar-refractivity contribution is 6.02. The highest BCUT2D eigenvalue weighted by atomic mass is 16.5. The second kappa shape index (κ2) is 8.55. The van der Waals surface area contributed by atoms with Crippen molar-refractivity contribution in [3.63, 3.8) is 0 Å². The predicted molar refractivity (Wildman–Crippen MR) is 96.2 cm³/mol. The van der Waals surface area contributed by atoms with Crippen molar-refractivity contribution in [3.8, 4) is 17.6 Å². The first-order valence-corrected chi connectivity index (χ1v) is 7.75. The number of nitrogens with zero attached hydrogens (tertiary/aromatic N) is 1. The molecule has 128 valence electrons. The topological polar surface area (TPSA) is 71.3 Å². The number of nitrogens with one attached hydrogen (secondary N) is 1. The Morgan fingerprint density at radius 2 is 1.84 bits per heavy atom. The summed E-state index contributed by atoms with van der Waals surface area (Å²) in [7, 11) is 3.11. The molecule has 0 fully saturated rings. The van der Waals surface area contributed by atoms with E-state index < -0.39 is 5.91 Å². The Balaban J connectivity index is 2.24. The number of nitriles is 1. The molecule has 5 nitrogen and oxygen atoms in total. The highest BCUT2D eigenvalue weighted by Crippen LogP contribution is 2.29. The molecule has 0 spiro atoms. The fourth-order valence-corrected chi connectivity index (χ4v) is 2.36. The SMILES string of the molecule is COc1cc(/C=C(\C#N)C(=O)NCc2ccccc2)c(OC)cc1C. The zero-order valence-corrected chi connectivity index (χ0v) is 14.5. The van der Waals surface area contributed by atoms with Crippen LogP contribution in [0.5, 0.6) is 11.5 Å². The third-order valence-corrected chi connectivity index (χ3v) is 3.71. The molecule has 0 saturated heterocycles. The van der Waals surface area contributed by atoms with Gasteiger partial charge >= 0.3 is 0 Å². The average molecular weight is 336 g/mol. The normalized spacial score (nSPS) is 10.7. The summed E-state index contributed by atoms with van der Waals surface area (Å²) in [5.41, 5.74) is 2.47. The molecular weight excluding hydrogens is 316 g/mol. The van der Waals surface area contributed by atoms with Crippen LogP contribution in [0.2, 0.25) is 0 Å². The van der Waals surface area contributed by atoms with Gasteiger partial charge in [0.25, 0.3) is 5.91 Å². The molecule has 0 aliphatic rings. The summed E-state index contributed by atoms with van der Waals surface area (Å²) in [5, 5.41) is 12.1. The number of hydrogen-bond donors (Lipinski definition) is 1. The lowest BCUT2D eigenvalue weighted by Gasteiger charge is -2.11. The molecule has 0 atom stereocenters. The van der Waals surface area contributed by atoms with Crippen LogP contribution in [0.1, 0.15) is 16.7 Å². The van der Waals surface area contributed by atoms with Crippen molar-refractivity contribution in [2.45, 2.75) is 13.5 Å². The van der Waals surface area contributed by atoms with Crippen LogP contribution in [-0.4, -0.2) is 20.1 Å². The van der Waals surface area contributed by atoms with E-state index in [-0.39, 0.29) is 5.57 Å². The average Bonchev–Trinajstić information content (AvgIpc) is 2.65. The van der Waals surface area contributed by atoms with Crippen molar-refractivity contribution >= 4 is 12.0 Å². The molecule has 1 N–H and O–H groups in total. The molecule has 0 saturated carbocycles. The van der Waals surface area contributed by atoms with Gasteiger partial charge in [0.15, 0.2) is 0 Å². The van der Waals surface area contributed by atoms with Gasteiger partial charge in [0, 0.05) is 12.1 Å². The number of benzene rings is 2. The zero-order valence-electron chi connectivity index (χ0n) is 14.5. The second-order valence-electron chi connectivity index (χ2n) is 5.40. The van der Waals surface area contributed by atoms with Gasteiger partial charge in [0.1, 0.15) is 23.1 Å². The number of aryl methyl sites for hydroxylation is 1. The van der Waals surface area contributed by atoms with E-state index in [1.807, 2.05) is 49.4 Å². The summed E-state index contributed by atoms with van der Waals surface area (Å²) in [5.74, 6) is 0.795. The van der Waals surface area contributed by atoms with Gasteiger partial charge in [-0.05, 0) is 36.3 Å². The number of methoxy groups -OCH3 is 2. The Morgan fingerprint density at radius 1 is 1.16 bits per heavy atom. The lowest BCUT2D eigenvalue weighted by atomic mass is 10.1. The summed E-state index contributed by atoms with van der Waals surface area (Å²) >= 11 is 0. The van der Waals surface area contributed by atoms with Crippen molar-refractivity contribution in [2.75, 3.05) is 14.2 Å². The van der Waals surface area contributed by atoms with Gasteiger partial charge in [0.2, 0.25) is 0 Å². The first kappa shape index (κ1) is 18.1. The lowest BCUT2D eigenvalue weighted by molar-refractivity contribution is -0.117. The molecule has 0 radical (unpaired) electrons. The Hall–Kier alpha value is -3.26. The van der Waals surface area contributed by atoms with Crippen LogP contribution in [-0.2, 0) is 11.3 Å². The first-order valence-electron chi connectivity index (χ1n) is 7.75. The van der Waals surface area contributed by atoms with E-state index in [4.69, 9.17) is 9.47 Å². The molecular formula is C20H20N2O3. The summed E-state index contributed by atoms with van der Waals surface area (Å²) < 4.78 is 10.6. The van der Waals surface area contributed by atoms with E-state index in [9.17, 15) is 10.1 Å². The minimum Gasteiger partial charge on any atom is -0.496 e. The maximum Gasteiger partial charge on any atom is 0.262 e. The fourth-order valence-electron chi connectivity index (χ4n) is 2.36. The Kier molecular flexibility index (Phi) is 6.19. The van der Waals surface area contributed by atoms with Crippen molar-refractivity contribution in [1.82, 2.24) is 5.32 Å². The van der Waals surface area contributed by atoms with Crippen LogP contribution in [0.3, 0.4) is 0 Å². The van der Waals surface area contributed by atoms with E-state index in [2.05, 4.69) is 5.32 Å². The molecule has 0 aliphatic heterocycles. The summed E-state index contributed by atoms with van der Waals surface area (Å²) in [6, 6.07) is 15.0. The van der Waals surface area contributed by atoms with Crippen LogP contribution in [0, 0.1) is 18.3 Å².